The maximum Gasteiger partial charge on any atom is 0.235 e. The Kier molecular flexibility index (Phi) is 6.42. The Morgan fingerprint density at radius 3 is 1.90 bits per heavy atom. The van der Waals surface area contributed by atoms with Crippen LogP contribution in [-0.2, 0) is 0 Å². The molecule has 0 aliphatic heterocycles. The van der Waals surface area contributed by atoms with E-state index in [4.69, 9.17) is 9.97 Å². The second-order valence-electron chi connectivity index (χ2n) is 13.4. The highest BCUT2D eigenvalue weighted by atomic mass is 32.1. The van der Waals surface area contributed by atoms with Gasteiger partial charge in [0, 0.05) is 47.5 Å². The van der Waals surface area contributed by atoms with Gasteiger partial charge in [0.1, 0.15) is 0 Å². The maximum absolute atomic E-state index is 5.47. The highest BCUT2D eigenvalue weighted by Gasteiger charge is 2.22. The van der Waals surface area contributed by atoms with Gasteiger partial charge in [0.25, 0.3) is 0 Å². The zero-order valence-electron chi connectivity index (χ0n) is 28.0. The maximum atomic E-state index is 5.47. The molecule has 3 aromatic heterocycles. The number of para-hydroxylation sites is 2. The molecule has 3 heterocycles. The molecule has 0 spiro atoms. The molecule has 0 bridgehead atoms. The van der Waals surface area contributed by atoms with Gasteiger partial charge in [0.15, 0.2) is 0 Å². The van der Waals surface area contributed by atoms with E-state index < -0.39 is 0 Å². The Morgan fingerprint density at radius 1 is 0.404 bits per heavy atom. The number of thiophene rings is 1. The highest BCUT2D eigenvalue weighted by Crippen LogP contribution is 2.45. The smallest absolute Gasteiger partial charge is 0.235 e. The summed E-state index contributed by atoms with van der Waals surface area (Å²) in [6.45, 7) is 0. The van der Waals surface area contributed by atoms with E-state index in [1.807, 2.05) is 11.3 Å². The van der Waals surface area contributed by atoms with Gasteiger partial charge in [0.2, 0.25) is 5.95 Å². The molecule has 0 aliphatic rings. The topological polar surface area (TPSA) is 30.7 Å². The molecule has 11 aromatic rings. The Labute approximate surface area is 303 Å². The minimum Gasteiger partial charge on any atom is -0.277 e. The van der Waals surface area contributed by atoms with Gasteiger partial charge in [-0.2, -0.15) is 0 Å². The Morgan fingerprint density at radius 2 is 1.04 bits per heavy atom. The third-order valence-electron chi connectivity index (χ3n) is 10.4. The van der Waals surface area contributed by atoms with Crippen molar-refractivity contribution in [3.05, 3.63) is 176 Å². The molecule has 0 N–H and O–H groups in total. The van der Waals surface area contributed by atoms with Gasteiger partial charge in [0.05, 0.1) is 22.2 Å². The minimum absolute atomic E-state index is 0.658. The molecular weight excluding hydrogens is 651 g/mol. The largest absolute Gasteiger partial charge is 0.277 e. The summed E-state index contributed by atoms with van der Waals surface area (Å²) in [4.78, 5) is 10.8. The van der Waals surface area contributed by atoms with Crippen LogP contribution in [0.25, 0.3) is 103 Å². The van der Waals surface area contributed by atoms with Gasteiger partial charge in [-0.25, -0.2) is 9.97 Å². The minimum atomic E-state index is 0.658. The van der Waals surface area contributed by atoms with E-state index >= 15 is 0 Å². The molecule has 8 aromatic carbocycles. The summed E-state index contributed by atoms with van der Waals surface area (Å²) < 4.78 is 4.90. The number of fused-ring (bicyclic) bond motifs is 8. The second-order valence-corrected chi connectivity index (χ2v) is 14.4. The molecule has 0 unspecified atom stereocenters. The average molecular weight is 680 g/mol. The first-order valence-electron chi connectivity index (χ1n) is 17.6. The van der Waals surface area contributed by atoms with E-state index in [9.17, 15) is 0 Å². The molecule has 3 nitrogen and oxygen atoms in total. The number of benzene rings is 8. The van der Waals surface area contributed by atoms with Gasteiger partial charge in [-0.05, 0) is 63.9 Å². The molecule has 0 atom stereocenters. The Balaban J connectivity index is 1.23. The summed E-state index contributed by atoms with van der Waals surface area (Å²) in [5.41, 5.74) is 9.82. The SMILES string of the molecule is c1ccc(-c2ccc(-c3nc(-n4c5ccccc5c5cc6ccccc6c(-c6ccc7sc8ccccc8c7c6)c54)nc4ccccc34)cc2)cc1. The fourth-order valence-electron chi connectivity index (χ4n) is 8.01. The average Bonchev–Trinajstić information content (AvgIpc) is 3.75. The normalized spacial score (nSPS) is 11.8. The van der Waals surface area contributed by atoms with E-state index in [-0.39, 0.29) is 0 Å². The zero-order valence-corrected chi connectivity index (χ0v) is 28.8. The lowest BCUT2D eigenvalue weighted by molar-refractivity contribution is 1.01. The van der Waals surface area contributed by atoms with Crippen LogP contribution >= 0.6 is 11.3 Å². The molecule has 11 rings (SSSR count). The van der Waals surface area contributed by atoms with Crippen LogP contribution in [0.3, 0.4) is 0 Å². The van der Waals surface area contributed by atoms with Gasteiger partial charge in [-0.15, -0.1) is 11.3 Å². The van der Waals surface area contributed by atoms with Crippen LogP contribution in [0.1, 0.15) is 0 Å². The van der Waals surface area contributed by atoms with Crippen molar-refractivity contribution in [2.24, 2.45) is 0 Å². The predicted octanol–water partition coefficient (Wildman–Crippen LogP) is 13.2. The van der Waals surface area contributed by atoms with E-state index in [0.29, 0.717) is 5.95 Å². The molecule has 242 valence electrons. The van der Waals surface area contributed by atoms with Crippen LogP contribution in [0.2, 0.25) is 0 Å². The van der Waals surface area contributed by atoms with Crippen molar-refractivity contribution in [1.29, 1.82) is 0 Å². The molecule has 0 saturated carbocycles. The van der Waals surface area contributed by atoms with E-state index in [0.717, 1.165) is 33.2 Å². The van der Waals surface area contributed by atoms with Crippen molar-refractivity contribution in [3.8, 4) is 39.5 Å². The van der Waals surface area contributed by atoms with Crippen LogP contribution in [0.4, 0.5) is 0 Å². The summed E-state index contributed by atoms with van der Waals surface area (Å²) in [6.07, 6.45) is 0. The Hall–Kier alpha value is -6.62. The fourth-order valence-corrected chi connectivity index (χ4v) is 9.09. The van der Waals surface area contributed by atoms with Crippen LogP contribution in [-0.4, -0.2) is 14.5 Å². The van der Waals surface area contributed by atoms with E-state index in [1.54, 1.807) is 0 Å². The molecular formula is C48H29N3S. The molecule has 52 heavy (non-hydrogen) atoms. The number of rotatable bonds is 4. The van der Waals surface area contributed by atoms with Crippen molar-refractivity contribution in [2.75, 3.05) is 0 Å². The van der Waals surface area contributed by atoms with Crippen LogP contribution in [0.15, 0.2) is 176 Å². The molecule has 4 heteroatoms. The molecule has 0 fully saturated rings. The quantitative estimate of drug-likeness (QED) is 0.185. The standard InChI is InChI=1S/C48H29N3S/c1-2-12-30(13-3-1)31-22-24-32(25-23-31)46-38-18-6-9-19-41(38)49-48(50-46)51-42-20-10-7-16-36(42)40-28-33-14-4-5-15-35(33)45(47(40)51)34-26-27-44-39(29-34)37-17-8-11-21-43(37)52-44/h1-29H. The predicted molar refractivity (Wildman–Crippen MR) is 221 cm³/mol. The molecule has 0 amide bonds. The summed E-state index contributed by atoms with van der Waals surface area (Å²) >= 11 is 1.85. The number of nitrogens with zero attached hydrogens (tertiary/aromatic N) is 3. The molecule has 0 radical (unpaired) electrons. The van der Waals surface area contributed by atoms with E-state index in [1.165, 1.54) is 64.0 Å². The van der Waals surface area contributed by atoms with Gasteiger partial charge in [-0.1, -0.05) is 140 Å². The number of aromatic nitrogens is 3. The summed E-state index contributed by atoms with van der Waals surface area (Å²) in [6, 6.07) is 63.1. The molecule has 0 saturated heterocycles. The lowest BCUT2D eigenvalue weighted by Gasteiger charge is -2.15. The van der Waals surface area contributed by atoms with Gasteiger partial charge < -0.3 is 0 Å². The van der Waals surface area contributed by atoms with Crippen molar-refractivity contribution in [1.82, 2.24) is 14.5 Å². The van der Waals surface area contributed by atoms with Crippen LogP contribution < -0.4 is 0 Å². The van der Waals surface area contributed by atoms with Crippen molar-refractivity contribution in [2.45, 2.75) is 0 Å². The summed E-state index contributed by atoms with van der Waals surface area (Å²) in [7, 11) is 0. The first-order valence-corrected chi connectivity index (χ1v) is 18.4. The van der Waals surface area contributed by atoms with Crippen molar-refractivity contribution < 1.29 is 0 Å². The number of hydrogen-bond donors (Lipinski definition) is 0. The van der Waals surface area contributed by atoms with Crippen molar-refractivity contribution >= 4 is 75.0 Å². The fraction of sp³-hybridized carbons (Fsp3) is 0. The van der Waals surface area contributed by atoms with E-state index in [2.05, 4.69) is 180 Å². The highest BCUT2D eigenvalue weighted by molar-refractivity contribution is 7.25. The molecule has 0 aliphatic carbocycles. The van der Waals surface area contributed by atoms with Gasteiger partial charge >= 0.3 is 0 Å². The second kappa shape index (κ2) is 11.5. The summed E-state index contributed by atoms with van der Waals surface area (Å²) in [5.74, 6) is 0.658. The summed E-state index contributed by atoms with van der Waals surface area (Å²) in [5, 5.41) is 8.38. The first-order chi connectivity index (χ1) is 25.8. The Bertz CT molecular complexity index is 3170. The number of hydrogen-bond acceptors (Lipinski definition) is 3. The van der Waals surface area contributed by atoms with Gasteiger partial charge in [-0.3, -0.25) is 4.57 Å². The van der Waals surface area contributed by atoms with Crippen molar-refractivity contribution in [3.63, 3.8) is 0 Å². The first kappa shape index (κ1) is 29.1. The van der Waals surface area contributed by atoms with Crippen LogP contribution in [0, 0.1) is 0 Å². The van der Waals surface area contributed by atoms with Crippen LogP contribution in [0.5, 0.6) is 0 Å². The lowest BCUT2D eigenvalue weighted by atomic mass is 9.94. The monoisotopic (exact) mass is 679 g/mol. The zero-order chi connectivity index (χ0) is 34.2. The third kappa shape index (κ3) is 4.45. The third-order valence-corrected chi connectivity index (χ3v) is 11.6. The lowest BCUT2D eigenvalue weighted by Crippen LogP contribution is -2.04.